The number of carbonyl (C=O) groups is 1. The van der Waals surface area contributed by atoms with E-state index in [0.717, 1.165) is 44.9 Å². The quantitative estimate of drug-likeness (QED) is 0.470. The van der Waals surface area contributed by atoms with Gasteiger partial charge in [0, 0.05) is 0 Å². The van der Waals surface area contributed by atoms with Crippen molar-refractivity contribution in [2.24, 2.45) is 28.6 Å². The minimum atomic E-state index is -0.636. The SMILES string of the molecule is COC(=O)C(C)C1CCC(C)(CCC2(C)C(C)CCC3(C)C(C)CCCC32O)OO1. The zero-order chi connectivity index (χ0) is 22.4. The lowest BCUT2D eigenvalue weighted by molar-refractivity contribution is -0.412. The highest BCUT2D eigenvalue weighted by Gasteiger charge is 2.64. The van der Waals surface area contributed by atoms with E-state index in [0.29, 0.717) is 11.8 Å². The van der Waals surface area contributed by atoms with Crippen LogP contribution < -0.4 is 0 Å². The second-order valence-corrected chi connectivity index (χ2v) is 11.4. The summed E-state index contributed by atoms with van der Waals surface area (Å²) >= 11 is 0. The molecular formula is C25H44O5. The van der Waals surface area contributed by atoms with E-state index in [4.69, 9.17) is 14.5 Å². The molecule has 1 saturated heterocycles. The van der Waals surface area contributed by atoms with Crippen LogP contribution in [0.2, 0.25) is 0 Å². The van der Waals surface area contributed by atoms with Gasteiger partial charge in [-0.2, -0.15) is 0 Å². The van der Waals surface area contributed by atoms with Crippen LogP contribution in [0.4, 0.5) is 0 Å². The lowest BCUT2D eigenvalue weighted by Gasteiger charge is -2.66. The minimum Gasteiger partial charge on any atom is -0.469 e. The molecule has 5 heteroatoms. The highest BCUT2D eigenvalue weighted by atomic mass is 17.2. The van der Waals surface area contributed by atoms with Crippen LogP contribution in [0.15, 0.2) is 0 Å². The van der Waals surface area contributed by atoms with E-state index < -0.39 is 5.60 Å². The van der Waals surface area contributed by atoms with Crippen LogP contribution in [0.1, 0.15) is 99.3 Å². The Kier molecular flexibility index (Phi) is 6.69. The molecule has 0 spiro atoms. The maximum absolute atomic E-state index is 12.2. The topological polar surface area (TPSA) is 65.0 Å². The first-order valence-corrected chi connectivity index (χ1v) is 12.1. The lowest BCUT2D eigenvalue weighted by Crippen LogP contribution is -2.66. The Balaban J connectivity index is 1.70. The molecule has 0 aromatic carbocycles. The Morgan fingerprint density at radius 3 is 2.37 bits per heavy atom. The van der Waals surface area contributed by atoms with Crippen molar-refractivity contribution < 1.29 is 24.4 Å². The second-order valence-electron chi connectivity index (χ2n) is 11.4. The van der Waals surface area contributed by atoms with E-state index in [1.165, 1.54) is 20.0 Å². The largest absolute Gasteiger partial charge is 0.469 e. The van der Waals surface area contributed by atoms with Gasteiger partial charge in [0.1, 0.15) is 11.7 Å². The average Bonchev–Trinajstić information content (AvgIpc) is 2.72. The molecule has 1 heterocycles. The van der Waals surface area contributed by atoms with E-state index in [2.05, 4.69) is 34.6 Å². The van der Waals surface area contributed by atoms with Gasteiger partial charge in [0.15, 0.2) is 0 Å². The molecule has 0 aromatic rings. The number of esters is 1. The van der Waals surface area contributed by atoms with Gasteiger partial charge in [0.05, 0.1) is 18.6 Å². The highest BCUT2D eigenvalue weighted by Crippen LogP contribution is 2.65. The number of hydrogen-bond acceptors (Lipinski definition) is 5. The first-order valence-electron chi connectivity index (χ1n) is 12.1. The van der Waals surface area contributed by atoms with E-state index in [1.54, 1.807) is 0 Å². The molecule has 2 aliphatic carbocycles. The van der Waals surface area contributed by atoms with E-state index >= 15 is 0 Å². The third-order valence-corrected chi connectivity index (χ3v) is 9.97. The van der Waals surface area contributed by atoms with Crippen molar-refractivity contribution in [3.05, 3.63) is 0 Å². The number of methoxy groups -OCH3 is 1. The van der Waals surface area contributed by atoms with Gasteiger partial charge in [-0.05, 0) is 87.9 Å². The zero-order valence-electron chi connectivity index (χ0n) is 20.3. The van der Waals surface area contributed by atoms with Crippen LogP contribution in [-0.2, 0) is 19.3 Å². The van der Waals surface area contributed by atoms with Crippen molar-refractivity contribution in [1.29, 1.82) is 0 Å². The van der Waals surface area contributed by atoms with Crippen LogP contribution >= 0.6 is 0 Å². The first kappa shape index (κ1) is 24.0. The smallest absolute Gasteiger partial charge is 0.311 e. The standard InChI is InChI=1S/C25H44O5/c1-17-9-8-12-25(27)23(17,5)14-10-18(2)24(25,6)16-15-22(4)13-11-20(29-30-22)19(3)21(26)28-7/h17-20,27H,8-16H2,1-7H3. The fourth-order valence-corrected chi connectivity index (χ4v) is 6.84. The summed E-state index contributed by atoms with van der Waals surface area (Å²) in [5.74, 6) is 0.429. The van der Waals surface area contributed by atoms with Crippen molar-refractivity contribution in [2.75, 3.05) is 7.11 Å². The molecule has 1 N–H and O–H groups in total. The third kappa shape index (κ3) is 3.73. The summed E-state index contributed by atoms with van der Waals surface area (Å²) in [6.07, 6.45) is 8.65. The molecule has 8 atom stereocenters. The summed E-state index contributed by atoms with van der Waals surface area (Å²) < 4.78 is 4.85. The predicted molar refractivity (Wildman–Crippen MR) is 117 cm³/mol. The number of rotatable bonds is 5. The van der Waals surface area contributed by atoms with Gasteiger partial charge >= 0.3 is 5.97 Å². The summed E-state index contributed by atoms with van der Waals surface area (Å²) in [7, 11) is 1.41. The average molecular weight is 425 g/mol. The van der Waals surface area contributed by atoms with E-state index in [1.807, 2.05) is 6.92 Å². The van der Waals surface area contributed by atoms with Gasteiger partial charge in [-0.25, -0.2) is 9.78 Å². The fourth-order valence-electron chi connectivity index (χ4n) is 6.84. The summed E-state index contributed by atoms with van der Waals surface area (Å²) in [4.78, 5) is 23.4. The first-order chi connectivity index (χ1) is 13.9. The van der Waals surface area contributed by atoms with Gasteiger partial charge in [-0.3, -0.25) is 4.79 Å². The molecule has 30 heavy (non-hydrogen) atoms. The van der Waals surface area contributed by atoms with Crippen LogP contribution in [0.25, 0.3) is 0 Å². The van der Waals surface area contributed by atoms with E-state index in [-0.39, 0.29) is 34.4 Å². The van der Waals surface area contributed by atoms with Gasteiger partial charge in [-0.1, -0.05) is 34.1 Å². The Bertz CT molecular complexity index is 627. The van der Waals surface area contributed by atoms with Crippen molar-refractivity contribution in [2.45, 2.75) is 117 Å². The molecule has 5 nitrogen and oxygen atoms in total. The summed E-state index contributed by atoms with van der Waals surface area (Å²) in [5.41, 5.74) is -1.18. The van der Waals surface area contributed by atoms with Crippen molar-refractivity contribution in [3.63, 3.8) is 0 Å². The lowest BCUT2D eigenvalue weighted by atomic mass is 9.42. The molecule has 3 rings (SSSR count). The van der Waals surface area contributed by atoms with Gasteiger partial charge in [-0.15, -0.1) is 0 Å². The van der Waals surface area contributed by atoms with E-state index in [9.17, 15) is 9.90 Å². The number of ether oxygens (including phenoxy) is 1. The normalized spacial score (nSPS) is 47.9. The summed E-state index contributed by atoms with van der Waals surface area (Å²) in [6.45, 7) is 13.3. The van der Waals surface area contributed by atoms with Gasteiger partial charge in [0.2, 0.25) is 0 Å². The Hall–Kier alpha value is -0.650. The molecule has 174 valence electrons. The zero-order valence-corrected chi connectivity index (χ0v) is 20.3. The molecule has 2 saturated carbocycles. The molecular weight excluding hydrogens is 380 g/mol. The number of hydrogen-bond donors (Lipinski definition) is 1. The molecule has 3 fully saturated rings. The second kappa shape index (κ2) is 8.37. The van der Waals surface area contributed by atoms with Crippen molar-refractivity contribution in [1.82, 2.24) is 0 Å². The molecule has 1 aliphatic heterocycles. The maximum Gasteiger partial charge on any atom is 0.311 e. The van der Waals surface area contributed by atoms with Gasteiger partial charge in [0.25, 0.3) is 0 Å². The monoisotopic (exact) mass is 424 g/mol. The minimum absolute atomic E-state index is 0.0155. The molecule has 3 aliphatic rings. The Morgan fingerprint density at radius 2 is 1.77 bits per heavy atom. The number of carbonyl (C=O) groups excluding carboxylic acids is 1. The van der Waals surface area contributed by atoms with Crippen LogP contribution in [0.3, 0.4) is 0 Å². The predicted octanol–water partition coefficient (Wildman–Crippen LogP) is 5.44. The highest BCUT2D eigenvalue weighted by molar-refractivity contribution is 5.72. The molecule has 0 amide bonds. The maximum atomic E-state index is 12.2. The molecule has 0 aromatic heterocycles. The summed E-state index contributed by atoms with van der Waals surface area (Å²) in [5, 5.41) is 12.2. The van der Waals surface area contributed by atoms with Gasteiger partial charge < -0.3 is 9.84 Å². The molecule has 0 bridgehead atoms. The summed E-state index contributed by atoms with van der Waals surface area (Å²) in [6, 6.07) is 0. The van der Waals surface area contributed by atoms with Crippen molar-refractivity contribution in [3.8, 4) is 0 Å². The molecule has 0 radical (unpaired) electrons. The third-order valence-electron chi connectivity index (χ3n) is 9.97. The molecule has 8 unspecified atom stereocenters. The van der Waals surface area contributed by atoms with Crippen LogP contribution in [0.5, 0.6) is 0 Å². The van der Waals surface area contributed by atoms with Crippen molar-refractivity contribution >= 4 is 5.97 Å². The Labute approximate surface area is 183 Å². The number of aliphatic hydroxyl groups is 1. The van der Waals surface area contributed by atoms with Crippen LogP contribution in [0, 0.1) is 28.6 Å². The fraction of sp³-hybridized carbons (Fsp3) is 0.960. The Morgan fingerprint density at radius 1 is 1.07 bits per heavy atom. The van der Waals surface area contributed by atoms with Crippen LogP contribution in [-0.4, -0.2) is 35.5 Å². The number of fused-ring (bicyclic) bond motifs is 1.